The highest BCUT2D eigenvalue weighted by Crippen LogP contribution is 2.34. The number of amides is 1. The summed E-state index contributed by atoms with van der Waals surface area (Å²) in [6, 6.07) is 24.9. The summed E-state index contributed by atoms with van der Waals surface area (Å²) in [6.45, 7) is 3.57. The quantitative estimate of drug-likeness (QED) is 0.392. The van der Waals surface area contributed by atoms with Crippen molar-refractivity contribution in [2.45, 2.75) is 31.9 Å². The second kappa shape index (κ2) is 10.2. The average Bonchev–Trinajstić information content (AvgIpc) is 3.45. The Balaban J connectivity index is 1.36. The summed E-state index contributed by atoms with van der Waals surface area (Å²) in [5.41, 5.74) is 2.64. The predicted octanol–water partition coefficient (Wildman–Crippen LogP) is 4.40. The molecule has 1 amide bonds. The number of imidazole rings is 1. The van der Waals surface area contributed by atoms with E-state index in [0.717, 1.165) is 34.0 Å². The third kappa shape index (κ3) is 5.00. The number of hydrogen-bond acceptors (Lipinski definition) is 5. The SMILES string of the molecule is CCOc1ccc(N2C[C@@H](c3nc4ccccc4n3C[C@@H](O)COc3ccccc3)CC2=O)cc1. The van der Waals surface area contributed by atoms with Crippen LogP contribution in [0, 0.1) is 0 Å². The van der Waals surface area contributed by atoms with Crippen molar-refractivity contribution in [3.05, 3.63) is 84.7 Å². The lowest BCUT2D eigenvalue weighted by Crippen LogP contribution is -2.26. The number of aliphatic hydroxyl groups excluding tert-OH is 1. The van der Waals surface area contributed by atoms with Gasteiger partial charge in [0, 0.05) is 24.6 Å². The number of anilines is 1. The van der Waals surface area contributed by atoms with Crippen LogP contribution in [-0.4, -0.2) is 46.4 Å². The molecule has 3 aromatic carbocycles. The Morgan fingerprint density at radius 3 is 2.46 bits per heavy atom. The highest BCUT2D eigenvalue weighted by atomic mass is 16.5. The van der Waals surface area contributed by atoms with Gasteiger partial charge in [0.25, 0.3) is 0 Å². The molecule has 1 N–H and O–H groups in total. The molecule has 7 nitrogen and oxygen atoms in total. The number of aliphatic hydroxyl groups is 1. The maximum absolute atomic E-state index is 13.0. The van der Waals surface area contributed by atoms with E-state index < -0.39 is 6.10 Å². The van der Waals surface area contributed by atoms with Gasteiger partial charge >= 0.3 is 0 Å². The molecule has 2 atom stereocenters. The van der Waals surface area contributed by atoms with E-state index in [0.29, 0.717) is 26.1 Å². The number of para-hydroxylation sites is 3. The lowest BCUT2D eigenvalue weighted by Gasteiger charge is -2.19. The topological polar surface area (TPSA) is 76.8 Å². The highest BCUT2D eigenvalue weighted by Gasteiger charge is 2.35. The van der Waals surface area contributed by atoms with Gasteiger partial charge < -0.3 is 24.0 Å². The van der Waals surface area contributed by atoms with Crippen molar-refractivity contribution in [1.82, 2.24) is 9.55 Å². The molecule has 2 heterocycles. The molecule has 5 rings (SSSR count). The standard InChI is InChI=1S/C28H29N3O4/c1-2-34-24-14-12-21(13-15-24)30-17-20(16-27(30)33)28-29-25-10-6-7-11-26(25)31(28)18-22(32)19-35-23-8-4-3-5-9-23/h3-15,20,22,32H,2,16-19H2,1H3/t20-,22+/m0/s1. The Labute approximate surface area is 204 Å². The molecule has 1 aliphatic heterocycles. The van der Waals surface area contributed by atoms with Gasteiger partial charge in [-0.3, -0.25) is 4.79 Å². The second-order valence-electron chi connectivity index (χ2n) is 8.68. The molecule has 180 valence electrons. The van der Waals surface area contributed by atoms with Gasteiger partial charge in [-0.05, 0) is 55.5 Å². The normalized spacial score (nSPS) is 16.6. The number of ether oxygens (including phenoxy) is 2. The van der Waals surface area contributed by atoms with Crippen molar-refractivity contribution < 1.29 is 19.4 Å². The van der Waals surface area contributed by atoms with E-state index in [1.54, 1.807) is 4.90 Å². The molecule has 0 bridgehead atoms. The Hall–Kier alpha value is -3.84. The van der Waals surface area contributed by atoms with Crippen molar-refractivity contribution in [3.63, 3.8) is 0 Å². The minimum Gasteiger partial charge on any atom is -0.494 e. The lowest BCUT2D eigenvalue weighted by molar-refractivity contribution is -0.117. The molecule has 4 aromatic rings. The molecule has 1 fully saturated rings. The monoisotopic (exact) mass is 471 g/mol. The number of hydrogen-bond donors (Lipinski definition) is 1. The molecule has 0 unspecified atom stereocenters. The lowest BCUT2D eigenvalue weighted by atomic mass is 10.1. The van der Waals surface area contributed by atoms with Crippen LogP contribution < -0.4 is 14.4 Å². The molecule has 1 saturated heterocycles. The fraction of sp³-hybridized carbons (Fsp3) is 0.286. The zero-order chi connectivity index (χ0) is 24.2. The number of rotatable bonds is 9. The first-order chi connectivity index (χ1) is 17.1. The largest absolute Gasteiger partial charge is 0.494 e. The molecule has 0 radical (unpaired) electrons. The number of fused-ring (bicyclic) bond motifs is 1. The number of benzene rings is 3. The van der Waals surface area contributed by atoms with Crippen molar-refractivity contribution in [2.75, 3.05) is 24.7 Å². The van der Waals surface area contributed by atoms with Gasteiger partial charge in [-0.2, -0.15) is 0 Å². The van der Waals surface area contributed by atoms with E-state index >= 15 is 0 Å². The molecule has 7 heteroatoms. The fourth-order valence-corrected chi connectivity index (χ4v) is 4.59. The Morgan fingerprint density at radius 1 is 0.971 bits per heavy atom. The number of carbonyl (C=O) groups excluding carboxylic acids is 1. The van der Waals surface area contributed by atoms with Gasteiger partial charge in [-0.25, -0.2) is 4.98 Å². The third-order valence-electron chi connectivity index (χ3n) is 6.21. The van der Waals surface area contributed by atoms with Gasteiger partial charge in [0.1, 0.15) is 30.0 Å². The first-order valence-corrected chi connectivity index (χ1v) is 12.0. The van der Waals surface area contributed by atoms with Crippen LogP contribution in [0.3, 0.4) is 0 Å². The van der Waals surface area contributed by atoms with E-state index in [2.05, 4.69) is 0 Å². The second-order valence-corrected chi connectivity index (χ2v) is 8.68. The molecule has 1 aliphatic rings. The molecular formula is C28H29N3O4. The minimum absolute atomic E-state index is 0.0609. The maximum Gasteiger partial charge on any atom is 0.227 e. The van der Waals surface area contributed by atoms with Gasteiger partial charge in [-0.1, -0.05) is 30.3 Å². The zero-order valence-electron chi connectivity index (χ0n) is 19.7. The van der Waals surface area contributed by atoms with Crippen LogP contribution in [0.5, 0.6) is 11.5 Å². The first kappa shape index (κ1) is 22.9. The summed E-state index contributed by atoms with van der Waals surface area (Å²) in [5.74, 6) is 2.30. The smallest absolute Gasteiger partial charge is 0.227 e. The fourth-order valence-electron chi connectivity index (χ4n) is 4.59. The minimum atomic E-state index is -0.731. The van der Waals surface area contributed by atoms with Gasteiger partial charge in [0.15, 0.2) is 0 Å². The van der Waals surface area contributed by atoms with Crippen LogP contribution in [0.4, 0.5) is 5.69 Å². The van der Waals surface area contributed by atoms with E-state index in [9.17, 15) is 9.90 Å². The van der Waals surface area contributed by atoms with E-state index in [-0.39, 0.29) is 18.4 Å². The number of nitrogens with zero attached hydrogens (tertiary/aromatic N) is 3. The van der Waals surface area contributed by atoms with Gasteiger partial charge in [-0.15, -0.1) is 0 Å². The van der Waals surface area contributed by atoms with Crippen molar-refractivity contribution in [2.24, 2.45) is 0 Å². The summed E-state index contributed by atoms with van der Waals surface area (Å²) in [5, 5.41) is 10.8. The van der Waals surface area contributed by atoms with Crippen LogP contribution in [0.25, 0.3) is 11.0 Å². The Kier molecular flexibility index (Phi) is 6.68. The summed E-state index contributed by atoms with van der Waals surface area (Å²) in [6.07, 6.45) is -0.362. The Bertz CT molecular complexity index is 1290. The number of carbonyl (C=O) groups is 1. The summed E-state index contributed by atoms with van der Waals surface area (Å²) < 4.78 is 13.3. The van der Waals surface area contributed by atoms with Gasteiger partial charge in [0.05, 0.1) is 24.2 Å². The van der Waals surface area contributed by atoms with E-state index in [4.69, 9.17) is 14.5 Å². The maximum atomic E-state index is 13.0. The molecule has 0 spiro atoms. The number of aromatic nitrogens is 2. The van der Waals surface area contributed by atoms with Crippen LogP contribution >= 0.6 is 0 Å². The molecule has 35 heavy (non-hydrogen) atoms. The third-order valence-corrected chi connectivity index (χ3v) is 6.21. The Morgan fingerprint density at radius 2 is 1.69 bits per heavy atom. The molecule has 1 aromatic heterocycles. The van der Waals surface area contributed by atoms with Gasteiger partial charge in [0.2, 0.25) is 5.91 Å². The summed E-state index contributed by atoms with van der Waals surface area (Å²) in [7, 11) is 0. The average molecular weight is 472 g/mol. The van der Waals surface area contributed by atoms with E-state index in [1.807, 2.05) is 90.4 Å². The molecular weight excluding hydrogens is 442 g/mol. The highest BCUT2D eigenvalue weighted by molar-refractivity contribution is 5.96. The molecule has 0 saturated carbocycles. The molecule has 0 aliphatic carbocycles. The van der Waals surface area contributed by atoms with Crippen molar-refractivity contribution in [1.29, 1.82) is 0 Å². The van der Waals surface area contributed by atoms with E-state index in [1.165, 1.54) is 0 Å². The summed E-state index contributed by atoms with van der Waals surface area (Å²) in [4.78, 5) is 19.6. The first-order valence-electron chi connectivity index (χ1n) is 12.0. The van der Waals surface area contributed by atoms with Crippen LogP contribution in [-0.2, 0) is 11.3 Å². The van der Waals surface area contributed by atoms with Crippen LogP contribution in [0.1, 0.15) is 25.1 Å². The van der Waals surface area contributed by atoms with Crippen LogP contribution in [0.15, 0.2) is 78.9 Å². The predicted molar refractivity (Wildman–Crippen MR) is 135 cm³/mol. The summed E-state index contributed by atoms with van der Waals surface area (Å²) >= 11 is 0. The van der Waals surface area contributed by atoms with Crippen LogP contribution in [0.2, 0.25) is 0 Å². The van der Waals surface area contributed by atoms with Crippen molar-refractivity contribution >= 4 is 22.6 Å². The zero-order valence-corrected chi connectivity index (χ0v) is 19.7. The van der Waals surface area contributed by atoms with Crippen molar-refractivity contribution in [3.8, 4) is 11.5 Å².